The number of carbonyl (C=O) groups excluding carboxylic acids is 1. The Kier molecular flexibility index (Phi) is 7.41. The van der Waals surface area contributed by atoms with Gasteiger partial charge in [0.2, 0.25) is 5.79 Å². The molecule has 1 fully saturated rings. The number of aliphatic hydroxyl groups excluding tert-OH is 8. The minimum atomic E-state index is -2.19. The molecule has 8 N–H and O–H groups in total. The molecule has 0 saturated carbocycles. The Bertz CT molecular complexity index is 391. The predicted octanol–water partition coefficient (Wildman–Crippen LogP) is -5.55. The van der Waals surface area contributed by atoms with E-state index in [2.05, 4.69) is 0 Å². The van der Waals surface area contributed by atoms with Crippen LogP contribution in [0.25, 0.3) is 0 Å². The van der Waals surface area contributed by atoms with Crippen LogP contribution in [0.1, 0.15) is 0 Å². The summed E-state index contributed by atoms with van der Waals surface area (Å²) < 4.78 is 9.97. The van der Waals surface area contributed by atoms with Crippen LogP contribution < -0.4 is 0 Å². The van der Waals surface area contributed by atoms with Gasteiger partial charge in [-0.3, -0.25) is 4.79 Å². The van der Waals surface area contributed by atoms with E-state index in [1.165, 1.54) is 0 Å². The van der Waals surface area contributed by atoms with E-state index in [0.29, 0.717) is 0 Å². The van der Waals surface area contributed by atoms with Crippen LogP contribution in [0.15, 0.2) is 0 Å². The average Bonchev–Trinajstić information content (AvgIpc) is 2.82. The van der Waals surface area contributed by atoms with Crippen LogP contribution in [0.2, 0.25) is 0 Å². The fourth-order valence-electron chi connectivity index (χ4n) is 2.09. The summed E-state index contributed by atoms with van der Waals surface area (Å²) in [5.74, 6) is -3.32. The maximum atomic E-state index is 11.7. The number of hydrogen-bond donors (Lipinski definition) is 8. The lowest BCUT2D eigenvalue weighted by Crippen LogP contribution is -2.51. The minimum Gasteiger partial charge on any atom is -0.394 e. The molecule has 1 aliphatic rings. The highest BCUT2D eigenvalue weighted by atomic mass is 16.7. The van der Waals surface area contributed by atoms with E-state index in [0.717, 1.165) is 0 Å². The molecule has 1 saturated heterocycles. The van der Waals surface area contributed by atoms with Gasteiger partial charge in [0, 0.05) is 0 Å². The van der Waals surface area contributed by atoms with Crippen LogP contribution in [-0.4, -0.2) is 115 Å². The Morgan fingerprint density at radius 1 is 1.17 bits per heavy atom. The lowest BCUT2D eigenvalue weighted by atomic mass is 10.0. The molecule has 0 spiro atoms. The van der Waals surface area contributed by atoms with Gasteiger partial charge in [0.25, 0.3) is 0 Å². The van der Waals surface area contributed by atoms with Crippen LogP contribution >= 0.6 is 0 Å². The number of ether oxygens (including phenoxy) is 2. The van der Waals surface area contributed by atoms with Gasteiger partial charge in [0.15, 0.2) is 5.78 Å². The molecule has 0 aromatic carbocycles. The number of aliphatic hydroxyl groups is 8. The molecule has 0 amide bonds. The van der Waals surface area contributed by atoms with Crippen LogP contribution in [-0.2, 0) is 14.3 Å². The van der Waals surface area contributed by atoms with Gasteiger partial charge in [-0.1, -0.05) is 0 Å². The number of rotatable bonds is 9. The quantitative estimate of drug-likeness (QED) is 0.199. The third kappa shape index (κ3) is 4.22. The van der Waals surface area contributed by atoms with Gasteiger partial charge in [-0.25, -0.2) is 0 Å². The summed E-state index contributed by atoms with van der Waals surface area (Å²) in [5.41, 5.74) is 0. The van der Waals surface area contributed by atoms with Crippen molar-refractivity contribution in [2.75, 3.05) is 26.4 Å². The highest BCUT2D eigenvalue weighted by molar-refractivity contribution is 5.84. The first-order valence-electron chi connectivity index (χ1n) is 6.81. The number of carbonyl (C=O) groups is 1. The smallest absolute Gasteiger partial charge is 0.222 e. The molecule has 11 nitrogen and oxygen atoms in total. The normalized spacial score (nSPS) is 35.0. The van der Waals surface area contributed by atoms with Gasteiger partial charge in [-0.15, -0.1) is 0 Å². The standard InChI is InChI=1S/C12H22O11/c13-1-5(16)8(18)9(19)6(17)3-22-12(4-15)11(21)10(20)7(2-14)23-12/h5,7-11,13-16,18-21H,1-4H2/t5-,7-,8-,9-,10-,11+,12?/m1/s1. The second kappa shape index (κ2) is 8.39. The van der Waals surface area contributed by atoms with E-state index in [1.54, 1.807) is 0 Å². The summed E-state index contributed by atoms with van der Waals surface area (Å²) in [6, 6.07) is 0. The molecule has 1 rings (SSSR count). The summed E-state index contributed by atoms with van der Waals surface area (Å²) in [5, 5.41) is 74.5. The van der Waals surface area contributed by atoms with E-state index < -0.39 is 74.6 Å². The van der Waals surface area contributed by atoms with Crippen LogP contribution in [0.4, 0.5) is 0 Å². The minimum absolute atomic E-state index is 0.679. The van der Waals surface area contributed by atoms with Crippen molar-refractivity contribution in [3.8, 4) is 0 Å². The van der Waals surface area contributed by atoms with Gasteiger partial charge in [-0.05, 0) is 0 Å². The van der Waals surface area contributed by atoms with Crippen molar-refractivity contribution in [3.05, 3.63) is 0 Å². The van der Waals surface area contributed by atoms with Crippen molar-refractivity contribution in [3.63, 3.8) is 0 Å². The molecule has 0 aliphatic carbocycles. The third-order valence-electron chi connectivity index (χ3n) is 3.60. The molecule has 1 heterocycles. The van der Waals surface area contributed by atoms with Crippen molar-refractivity contribution in [2.45, 2.75) is 42.4 Å². The summed E-state index contributed by atoms with van der Waals surface area (Å²) in [7, 11) is 0. The van der Waals surface area contributed by atoms with E-state index in [1.807, 2.05) is 0 Å². The van der Waals surface area contributed by atoms with Gasteiger partial charge in [0.1, 0.15) is 49.8 Å². The molecule has 1 aliphatic heterocycles. The molecule has 0 aromatic heterocycles. The highest BCUT2D eigenvalue weighted by Crippen LogP contribution is 2.32. The molecule has 0 bridgehead atoms. The first kappa shape index (κ1) is 20.3. The van der Waals surface area contributed by atoms with Crippen molar-refractivity contribution in [2.24, 2.45) is 0 Å². The molecule has 7 atom stereocenters. The summed E-state index contributed by atoms with van der Waals surface area (Å²) >= 11 is 0. The largest absolute Gasteiger partial charge is 0.394 e. The molecule has 11 heteroatoms. The van der Waals surface area contributed by atoms with Crippen molar-refractivity contribution in [1.82, 2.24) is 0 Å². The Morgan fingerprint density at radius 3 is 2.22 bits per heavy atom. The van der Waals surface area contributed by atoms with Gasteiger partial charge in [0.05, 0.1) is 13.2 Å². The monoisotopic (exact) mass is 342 g/mol. The molecule has 136 valence electrons. The Hall–Kier alpha value is -0.730. The summed E-state index contributed by atoms with van der Waals surface area (Å²) in [4.78, 5) is 11.7. The van der Waals surface area contributed by atoms with Crippen LogP contribution in [0.5, 0.6) is 0 Å². The first-order chi connectivity index (χ1) is 10.7. The summed E-state index contributed by atoms with van der Waals surface area (Å²) in [6.07, 6.45) is -10.4. The molecular weight excluding hydrogens is 320 g/mol. The first-order valence-corrected chi connectivity index (χ1v) is 6.81. The van der Waals surface area contributed by atoms with Crippen molar-refractivity contribution < 1.29 is 55.1 Å². The maximum Gasteiger partial charge on any atom is 0.222 e. The topological polar surface area (TPSA) is 197 Å². The number of hydrogen-bond acceptors (Lipinski definition) is 11. The average molecular weight is 342 g/mol. The van der Waals surface area contributed by atoms with Gasteiger partial charge in [-0.2, -0.15) is 0 Å². The van der Waals surface area contributed by atoms with Crippen LogP contribution in [0, 0.1) is 0 Å². The van der Waals surface area contributed by atoms with Gasteiger partial charge < -0.3 is 50.3 Å². The SMILES string of the molecule is O=C(COC1(CO)O[C@H](CO)[C@@H](O)[C@@H]1O)[C@@H](O)[C@H](O)[C@H](O)CO. The molecule has 0 aromatic rings. The lowest BCUT2D eigenvalue weighted by Gasteiger charge is -2.30. The summed E-state index contributed by atoms with van der Waals surface area (Å²) in [6.45, 7) is -3.48. The lowest BCUT2D eigenvalue weighted by molar-refractivity contribution is -0.274. The van der Waals surface area contributed by atoms with Crippen molar-refractivity contribution >= 4 is 5.78 Å². The van der Waals surface area contributed by atoms with Crippen molar-refractivity contribution in [1.29, 1.82) is 0 Å². The zero-order chi connectivity index (χ0) is 17.8. The number of ketones is 1. The third-order valence-corrected chi connectivity index (χ3v) is 3.60. The Morgan fingerprint density at radius 2 is 1.78 bits per heavy atom. The van der Waals surface area contributed by atoms with E-state index >= 15 is 0 Å². The molecule has 1 unspecified atom stereocenters. The van der Waals surface area contributed by atoms with Crippen LogP contribution in [0.3, 0.4) is 0 Å². The molecular formula is C12H22O11. The fraction of sp³-hybridized carbons (Fsp3) is 0.917. The zero-order valence-electron chi connectivity index (χ0n) is 12.1. The molecule has 23 heavy (non-hydrogen) atoms. The second-order valence-corrected chi connectivity index (χ2v) is 5.18. The fourth-order valence-corrected chi connectivity index (χ4v) is 2.09. The van der Waals surface area contributed by atoms with Gasteiger partial charge >= 0.3 is 0 Å². The predicted molar refractivity (Wildman–Crippen MR) is 69.9 cm³/mol. The van der Waals surface area contributed by atoms with E-state index in [-0.39, 0.29) is 0 Å². The van der Waals surface area contributed by atoms with E-state index in [9.17, 15) is 30.3 Å². The second-order valence-electron chi connectivity index (χ2n) is 5.18. The number of Topliss-reactive ketones (excluding diaryl/α,β-unsaturated/α-hetero) is 1. The molecule has 0 radical (unpaired) electrons. The zero-order valence-corrected chi connectivity index (χ0v) is 12.1. The van der Waals surface area contributed by atoms with E-state index in [4.69, 9.17) is 24.8 Å². The Labute approximate surface area is 130 Å². The maximum absolute atomic E-state index is 11.7. The Balaban J connectivity index is 2.69. The highest BCUT2D eigenvalue weighted by Gasteiger charge is 2.55.